The SMILES string of the molecule is C=C(C)C(=O)OC1CCC2(C)C(CCC3C2CCC2(C)C(C(C)CCC(=O)O)CCC32)C1. The Balaban J connectivity index is 1.44. The summed E-state index contributed by atoms with van der Waals surface area (Å²) in [5, 5.41) is 9.16. The second kappa shape index (κ2) is 8.80. The van der Waals surface area contributed by atoms with Crippen LogP contribution in [0.2, 0.25) is 0 Å². The maximum Gasteiger partial charge on any atom is 0.333 e. The number of esters is 1. The van der Waals surface area contributed by atoms with Crippen molar-refractivity contribution in [2.24, 2.45) is 46.3 Å². The van der Waals surface area contributed by atoms with Gasteiger partial charge in [0.1, 0.15) is 6.10 Å². The third kappa shape index (κ3) is 4.05. The Morgan fingerprint density at radius 3 is 2.41 bits per heavy atom. The minimum Gasteiger partial charge on any atom is -0.481 e. The average molecular weight is 445 g/mol. The van der Waals surface area contributed by atoms with Gasteiger partial charge in [-0.15, -0.1) is 0 Å². The van der Waals surface area contributed by atoms with E-state index in [1.807, 2.05) is 0 Å². The Kier molecular flexibility index (Phi) is 6.55. The molecule has 4 fully saturated rings. The van der Waals surface area contributed by atoms with Gasteiger partial charge < -0.3 is 9.84 Å². The number of aliphatic carboxylic acids is 1. The Hall–Kier alpha value is -1.32. The number of carbonyl (C=O) groups excluding carboxylic acids is 1. The van der Waals surface area contributed by atoms with Crippen molar-refractivity contribution in [3.05, 3.63) is 12.2 Å². The van der Waals surface area contributed by atoms with Crippen molar-refractivity contribution >= 4 is 11.9 Å². The molecule has 0 bridgehead atoms. The van der Waals surface area contributed by atoms with Crippen molar-refractivity contribution < 1.29 is 19.4 Å². The van der Waals surface area contributed by atoms with E-state index in [4.69, 9.17) is 9.84 Å². The van der Waals surface area contributed by atoms with E-state index in [2.05, 4.69) is 27.4 Å². The van der Waals surface area contributed by atoms with Crippen LogP contribution in [0, 0.1) is 46.3 Å². The number of hydrogen-bond donors (Lipinski definition) is 1. The summed E-state index contributed by atoms with van der Waals surface area (Å²) in [6.45, 7) is 12.9. The van der Waals surface area contributed by atoms with E-state index < -0.39 is 5.97 Å². The molecule has 4 aliphatic carbocycles. The molecule has 0 spiro atoms. The van der Waals surface area contributed by atoms with Crippen LogP contribution in [-0.2, 0) is 14.3 Å². The molecule has 0 amide bonds. The number of hydrogen-bond acceptors (Lipinski definition) is 3. The third-order valence-electron chi connectivity index (χ3n) is 10.8. The van der Waals surface area contributed by atoms with Gasteiger partial charge in [0.25, 0.3) is 0 Å². The quantitative estimate of drug-likeness (QED) is 0.369. The highest BCUT2D eigenvalue weighted by atomic mass is 16.5. The van der Waals surface area contributed by atoms with Gasteiger partial charge in [0.15, 0.2) is 0 Å². The summed E-state index contributed by atoms with van der Waals surface area (Å²) >= 11 is 0. The largest absolute Gasteiger partial charge is 0.481 e. The summed E-state index contributed by atoms with van der Waals surface area (Å²) in [6, 6.07) is 0. The van der Waals surface area contributed by atoms with Crippen LogP contribution >= 0.6 is 0 Å². The van der Waals surface area contributed by atoms with Crippen molar-refractivity contribution in [2.45, 2.75) is 104 Å². The minimum absolute atomic E-state index is 0.0635. The fourth-order valence-corrected chi connectivity index (χ4v) is 9.11. The van der Waals surface area contributed by atoms with E-state index >= 15 is 0 Å². The van der Waals surface area contributed by atoms with Gasteiger partial charge in [-0.25, -0.2) is 4.79 Å². The second-order valence-electron chi connectivity index (χ2n) is 12.4. The predicted molar refractivity (Wildman–Crippen MR) is 126 cm³/mol. The van der Waals surface area contributed by atoms with Crippen LogP contribution in [0.4, 0.5) is 0 Å². The zero-order chi connectivity index (χ0) is 23.3. The van der Waals surface area contributed by atoms with Crippen molar-refractivity contribution in [1.82, 2.24) is 0 Å². The summed E-state index contributed by atoms with van der Waals surface area (Å²) in [7, 11) is 0. The van der Waals surface area contributed by atoms with Crippen LogP contribution < -0.4 is 0 Å². The number of carboxylic acid groups (broad SMARTS) is 1. The number of ether oxygens (including phenoxy) is 1. The molecule has 1 N–H and O–H groups in total. The van der Waals surface area contributed by atoms with Gasteiger partial charge in [0.05, 0.1) is 0 Å². The average Bonchev–Trinajstić information content (AvgIpc) is 3.09. The smallest absolute Gasteiger partial charge is 0.333 e. The van der Waals surface area contributed by atoms with E-state index in [0.717, 1.165) is 37.0 Å². The molecule has 4 saturated carbocycles. The lowest BCUT2D eigenvalue weighted by molar-refractivity contribution is -0.158. The topological polar surface area (TPSA) is 63.6 Å². The predicted octanol–water partition coefficient (Wildman–Crippen LogP) is 6.63. The molecule has 4 heteroatoms. The van der Waals surface area contributed by atoms with Crippen LogP contribution in [0.1, 0.15) is 98.3 Å². The van der Waals surface area contributed by atoms with Gasteiger partial charge in [-0.2, -0.15) is 0 Å². The number of fused-ring (bicyclic) bond motifs is 5. The van der Waals surface area contributed by atoms with E-state index in [9.17, 15) is 9.59 Å². The molecule has 0 aromatic heterocycles. The molecule has 180 valence electrons. The van der Waals surface area contributed by atoms with Crippen molar-refractivity contribution in [3.63, 3.8) is 0 Å². The number of carbonyl (C=O) groups is 2. The van der Waals surface area contributed by atoms with Crippen molar-refractivity contribution in [2.75, 3.05) is 0 Å². The molecule has 0 aromatic rings. The van der Waals surface area contributed by atoms with Crippen molar-refractivity contribution in [1.29, 1.82) is 0 Å². The lowest BCUT2D eigenvalue weighted by Crippen LogP contribution is -2.54. The summed E-state index contributed by atoms with van der Waals surface area (Å²) in [6.07, 6.45) is 12.2. The van der Waals surface area contributed by atoms with Gasteiger partial charge in [-0.1, -0.05) is 27.4 Å². The highest BCUT2D eigenvalue weighted by Crippen LogP contribution is 2.68. The molecule has 0 aliphatic heterocycles. The molecule has 0 aromatic carbocycles. The first-order valence-electron chi connectivity index (χ1n) is 13.1. The van der Waals surface area contributed by atoms with Gasteiger partial charge in [-0.05, 0) is 117 Å². The monoisotopic (exact) mass is 444 g/mol. The molecule has 0 heterocycles. The van der Waals surface area contributed by atoms with Crippen molar-refractivity contribution in [3.8, 4) is 0 Å². The Morgan fingerprint density at radius 1 is 1.03 bits per heavy atom. The molecular formula is C28H44O4. The van der Waals surface area contributed by atoms with E-state index in [1.54, 1.807) is 6.92 Å². The molecule has 4 aliphatic rings. The lowest BCUT2D eigenvalue weighted by Gasteiger charge is -2.61. The zero-order valence-corrected chi connectivity index (χ0v) is 20.7. The Labute approximate surface area is 194 Å². The highest BCUT2D eigenvalue weighted by molar-refractivity contribution is 5.87. The first-order chi connectivity index (χ1) is 15.1. The fraction of sp³-hybridized carbons (Fsp3) is 0.857. The number of carboxylic acids is 1. The standard InChI is InChI=1S/C28H44O4/c1-17(2)26(31)32-20-12-14-27(4)19(16-20)7-8-21-23-10-9-22(18(3)6-11-25(29)30)28(23,5)15-13-24(21)27/h18-24H,1,6-16H2,2-5H3,(H,29,30). The molecule has 0 radical (unpaired) electrons. The zero-order valence-electron chi connectivity index (χ0n) is 20.7. The first kappa shape index (κ1) is 23.8. The minimum atomic E-state index is -0.656. The normalized spacial score (nSPS) is 44.0. The third-order valence-corrected chi connectivity index (χ3v) is 10.8. The molecule has 9 unspecified atom stereocenters. The van der Waals surface area contributed by atoms with E-state index in [-0.39, 0.29) is 12.1 Å². The Morgan fingerprint density at radius 2 is 1.72 bits per heavy atom. The first-order valence-corrected chi connectivity index (χ1v) is 13.1. The summed E-state index contributed by atoms with van der Waals surface area (Å²) < 4.78 is 5.77. The summed E-state index contributed by atoms with van der Waals surface area (Å²) in [5.41, 5.74) is 1.27. The molecular weight excluding hydrogens is 400 g/mol. The molecule has 0 saturated heterocycles. The summed E-state index contributed by atoms with van der Waals surface area (Å²) in [5.74, 6) is 3.38. The van der Waals surface area contributed by atoms with Crippen LogP contribution in [0.3, 0.4) is 0 Å². The highest BCUT2D eigenvalue weighted by Gasteiger charge is 2.60. The van der Waals surface area contributed by atoms with Crippen LogP contribution in [-0.4, -0.2) is 23.1 Å². The molecule has 9 atom stereocenters. The maximum atomic E-state index is 12.1. The van der Waals surface area contributed by atoms with E-state index in [1.165, 1.54) is 44.9 Å². The van der Waals surface area contributed by atoms with Gasteiger partial charge >= 0.3 is 11.9 Å². The molecule has 4 rings (SSSR count). The fourth-order valence-electron chi connectivity index (χ4n) is 9.11. The van der Waals surface area contributed by atoms with Gasteiger partial charge in [0, 0.05) is 12.0 Å². The lowest BCUT2D eigenvalue weighted by atomic mass is 9.44. The van der Waals surface area contributed by atoms with Crippen LogP contribution in [0.5, 0.6) is 0 Å². The van der Waals surface area contributed by atoms with Gasteiger partial charge in [-0.3, -0.25) is 4.79 Å². The van der Waals surface area contributed by atoms with Crippen LogP contribution in [0.25, 0.3) is 0 Å². The van der Waals surface area contributed by atoms with Gasteiger partial charge in [0.2, 0.25) is 0 Å². The number of rotatable bonds is 6. The Bertz CT molecular complexity index is 759. The second-order valence-corrected chi connectivity index (χ2v) is 12.4. The maximum absolute atomic E-state index is 12.1. The van der Waals surface area contributed by atoms with Crippen LogP contribution in [0.15, 0.2) is 12.2 Å². The van der Waals surface area contributed by atoms with E-state index in [0.29, 0.717) is 40.6 Å². The molecule has 32 heavy (non-hydrogen) atoms. The summed E-state index contributed by atoms with van der Waals surface area (Å²) in [4.78, 5) is 23.2. The molecule has 4 nitrogen and oxygen atoms in total.